The van der Waals surface area contributed by atoms with Crippen LogP contribution in [0.3, 0.4) is 0 Å². The van der Waals surface area contributed by atoms with Crippen molar-refractivity contribution in [2.24, 2.45) is 0 Å². The van der Waals surface area contributed by atoms with E-state index in [9.17, 15) is 0 Å². The maximum absolute atomic E-state index is 3.10. The summed E-state index contributed by atoms with van der Waals surface area (Å²) in [6.07, 6.45) is 18.5. The van der Waals surface area contributed by atoms with Crippen LogP contribution in [0.2, 0.25) is 0 Å². The van der Waals surface area contributed by atoms with Gasteiger partial charge in [-0.05, 0) is 31.8 Å². The molecule has 0 bridgehead atoms. The summed E-state index contributed by atoms with van der Waals surface area (Å²) >= 11 is 0. The highest BCUT2D eigenvalue weighted by Crippen LogP contribution is 2.14. The molecule has 0 unspecified atom stereocenters. The van der Waals surface area contributed by atoms with Crippen molar-refractivity contribution in [2.45, 2.75) is 51.4 Å². The van der Waals surface area contributed by atoms with Crippen molar-refractivity contribution in [3.05, 3.63) is 18.6 Å². The Labute approximate surface area is 70.7 Å². The Hall–Kier alpha value is -0.260. The summed E-state index contributed by atoms with van der Waals surface area (Å²) < 4.78 is 0. The molecule has 0 atom stereocenters. The highest BCUT2D eigenvalue weighted by molar-refractivity contribution is 4.80. The molecule has 2 aliphatic rings. The predicted molar refractivity (Wildman–Crippen MR) is 49.0 cm³/mol. The average molecular weight is 150 g/mol. The highest BCUT2D eigenvalue weighted by Gasteiger charge is 1.95. The molecule has 0 saturated heterocycles. The number of allylic oxidation sites excluding steroid dienone is 2. The summed E-state index contributed by atoms with van der Waals surface area (Å²) in [6, 6.07) is 0. The van der Waals surface area contributed by atoms with Crippen molar-refractivity contribution in [3.8, 4) is 0 Å². The molecule has 2 radical (unpaired) electrons. The van der Waals surface area contributed by atoms with E-state index in [1.807, 2.05) is 0 Å². The van der Waals surface area contributed by atoms with Gasteiger partial charge in [0, 0.05) is 0 Å². The molecule has 0 heterocycles. The SMILES string of the molecule is [CH]1CCCCC1.[C]1=CCCC1. The fourth-order valence-electron chi connectivity index (χ4n) is 1.41. The highest BCUT2D eigenvalue weighted by atomic mass is 14.0. The zero-order chi connectivity index (χ0) is 7.78. The van der Waals surface area contributed by atoms with Crippen molar-refractivity contribution in [1.82, 2.24) is 0 Å². The quantitative estimate of drug-likeness (QED) is 0.494. The van der Waals surface area contributed by atoms with Gasteiger partial charge in [0.05, 0.1) is 0 Å². The second kappa shape index (κ2) is 6.45. The third-order valence-corrected chi connectivity index (χ3v) is 2.13. The molecule has 0 nitrogen and oxygen atoms in total. The molecule has 1 saturated carbocycles. The molecule has 1 fully saturated rings. The second-order valence-electron chi connectivity index (χ2n) is 3.23. The largest absolute Gasteiger partial charge is 0.0810 e. The lowest BCUT2D eigenvalue weighted by Crippen LogP contribution is -1.87. The summed E-state index contributed by atoms with van der Waals surface area (Å²) in [6.45, 7) is 0. The lowest BCUT2D eigenvalue weighted by molar-refractivity contribution is 0.593. The Kier molecular flexibility index (Phi) is 5.18. The molecule has 62 valence electrons. The van der Waals surface area contributed by atoms with Crippen molar-refractivity contribution in [2.75, 3.05) is 0 Å². The molecule has 0 heteroatoms. The lowest BCUT2D eigenvalue weighted by Gasteiger charge is -2.05. The molecule has 11 heavy (non-hydrogen) atoms. The smallest absolute Gasteiger partial charge is 0.0276 e. The fourth-order valence-corrected chi connectivity index (χ4v) is 1.41. The summed E-state index contributed by atoms with van der Waals surface area (Å²) in [7, 11) is 0. The molecule has 2 aliphatic carbocycles. The van der Waals surface area contributed by atoms with Gasteiger partial charge >= 0.3 is 0 Å². The van der Waals surface area contributed by atoms with Crippen molar-refractivity contribution < 1.29 is 0 Å². The van der Waals surface area contributed by atoms with Crippen molar-refractivity contribution in [1.29, 1.82) is 0 Å². The molecule has 0 aliphatic heterocycles. The van der Waals surface area contributed by atoms with Gasteiger partial charge < -0.3 is 0 Å². The van der Waals surface area contributed by atoms with E-state index in [0.717, 1.165) is 0 Å². The van der Waals surface area contributed by atoms with Gasteiger partial charge in [-0.3, -0.25) is 0 Å². The first-order valence-electron chi connectivity index (χ1n) is 4.87. The predicted octanol–water partition coefficient (Wildman–Crippen LogP) is 3.68. The van der Waals surface area contributed by atoms with E-state index in [1.54, 1.807) is 0 Å². The molecule has 0 aromatic rings. The zero-order valence-corrected chi connectivity index (χ0v) is 7.31. The minimum absolute atomic E-state index is 1.19. The van der Waals surface area contributed by atoms with Gasteiger partial charge in [-0.15, -0.1) is 0 Å². The van der Waals surface area contributed by atoms with E-state index in [2.05, 4.69) is 18.6 Å². The zero-order valence-electron chi connectivity index (χ0n) is 7.31. The van der Waals surface area contributed by atoms with Gasteiger partial charge in [0.15, 0.2) is 0 Å². The van der Waals surface area contributed by atoms with E-state index in [-0.39, 0.29) is 0 Å². The summed E-state index contributed by atoms with van der Waals surface area (Å²) in [4.78, 5) is 0. The van der Waals surface area contributed by atoms with Crippen LogP contribution in [0.5, 0.6) is 0 Å². The second-order valence-corrected chi connectivity index (χ2v) is 3.23. The van der Waals surface area contributed by atoms with Crippen LogP contribution in [0.25, 0.3) is 0 Å². The molecule has 0 N–H and O–H groups in total. The summed E-state index contributed by atoms with van der Waals surface area (Å²) in [5.41, 5.74) is 0. The third kappa shape index (κ3) is 5.06. The van der Waals surface area contributed by atoms with Crippen molar-refractivity contribution >= 4 is 0 Å². The number of hydrogen-bond acceptors (Lipinski definition) is 0. The Morgan fingerprint density at radius 2 is 1.64 bits per heavy atom. The first-order chi connectivity index (χ1) is 5.50. The molecular formula is C11H18. The topological polar surface area (TPSA) is 0 Å². The molecular weight excluding hydrogens is 132 g/mol. The van der Waals surface area contributed by atoms with Crippen LogP contribution in [0.1, 0.15) is 51.4 Å². The third-order valence-electron chi connectivity index (χ3n) is 2.13. The number of hydrogen-bond donors (Lipinski definition) is 0. The standard InChI is InChI=1S/C6H11.C5H7/c1-2-4-6-5-3-1;1-2-4-5-3-1/h1H,2-6H2;1H,2,4-5H2. The Balaban J connectivity index is 0.000000112. The minimum Gasteiger partial charge on any atom is -0.0810 e. The van der Waals surface area contributed by atoms with Gasteiger partial charge in [0.1, 0.15) is 0 Å². The maximum Gasteiger partial charge on any atom is -0.0276 e. The maximum atomic E-state index is 3.10. The van der Waals surface area contributed by atoms with Crippen LogP contribution in [0.4, 0.5) is 0 Å². The Morgan fingerprint density at radius 1 is 0.818 bits per heavy atom. The Morgan fingerprint density at radius 3 is 1.82 bits per heavy atom. The molecule has 0 amide bonds. The minimum atomic E-state index is 1.19. The van der Waals surface area contributed by atoms with Crippen LogP contribution in [-0.2, 0) is 0 Å². The molecule has 2 rings (SSSR count). The lowest BCUT2D eigenvalue weighted by atomic mass is 10.0. The van der Waals surface area contributed by atoms with E-state index in [4.69, 9.17) is 0 Å². The van der Waals surface area contributed by atoms with Crippen LogP contribution >= 0.6 is 0 Å². The first kappa shape index (κ1) is 8.83. The van der Waals surface area contributed by atoms with E-state index in [0.29, 0.717) is 0 Å². The van der Waals surface area contributed by atoms with Crippen LogP contribution < -0.4 is 0 Å². The van der Waals surface area contributed by atoms with E-state index in [1.165, 1.54) is 51.4 Å². The van der Waals surface area contributed by atoms with Crippen LogP contribution in [-0.4, -0.2) is 0 Å². The van der Waals surface area contributed by atoms with Gasteiger partial charge in [0.25, 0.3) is 0 Å². The van der Waals surface area contributed by atoms with Gasteiger partial charge in [-0.1, -0.05) is 38.2 Å². The van der Waals surface area contributed by atoms with E-state index >= 15 is 0 Å². The molecule has 0 aromatic heterocycles. The van der Waals surface area contributed by atoms with Crippen LogP contribution in [0, 0.1) is 12.5 Å². The summed E-state index contributed by atoms with van der Waals surface area (Å²) in [5.74, 6) is 0. The van der Waals surface area contributed by atoms with Crippen molar-refractivity contribution in [3.63, 3.8) is 0 Å². The normalized spacial score (nSPS) is 22.5. The number of rotatable bonds is 0. The van der Waals surface area contributed by atoms with E-state index < -0.39 is 0 Å². The fraction of sp³-hybridized carbons (Fsp3) is 0.727. The molecule has 0 spiro atoms. The Bertz CT molecular complexity index is 81.1. The summed E-state index contributed by atoms with van der Waals surface area (Å²) in [5, 5.41) is 0. The monoisotopic (exact) mass is 150 g/mol. The first-order valence-corrected chi connectivity index (χ1v) is 4.87. The van der Waals surface area contributed by atoms with Gasteiger partial charge in [0.2, 0.25) is 0 Å². The average Bonchev–Trinajstić information content (AvgIpc) is 2.64. The molecule has 0 aromatic carbocycles. The van der Waals surface area contributed by atoms with Gasteiger partial charge in [-0.25, -0.2) is 0 Å². The van der Waals surface area contributed by atoms with Gasteiger partial charge in [-0.2, -0.15) is 0 Å². The van der Waals surface area contributed by atoms with Crippen LogP contribution in [0.15, 0.2) is 6.08 Å².